The van der Waals surface area contributed by atoms with Gasteiger partial charge in [0, 0.05) is 49.6 Å². The Balaban J connectivity index is 1.64. The quantitative estimate of drug-likeness (QED) is 0.726. The van der Waals surface area contributed by atoms with Crippen LogP contribution in [0.5, 0.6) is 0 Å². The minimum absolute atomic E-state index is 0.648. The largest absolute Gasteiger partial charge is 0.372 e. The molecular formula is C20H24N6. The standard InChI is InChI=1S/C20H24N6/c1-2-10-24(11-3-1)16-7-8-18-17(15-16)19(25-12-4-5-13-25)23-20(22-18)26-14-6-9-21-26/h6-9,14-15H,1-5,10-13H2. The lowest BCUT2D eigenvalue weighted by Crippen LogP contribution is -2.29. The monoisotopic (exact) mass is 348 g/mol. The van der Waals surface area contributed by atoms with Crippen LogP contribution in [0.25, 0.3) is 16.9 Å². The summed E-state index contributed by atoms with van der Waals surface area (Å²) in [6.45, 7) is 4.44. The Kier molecular flexibility index (Phi) is 3.96. The molecular weight excluding hydrogens is 324 g/mol. The normalized spacial score (nSPS) is 18.0. The SMILES string of the molecule is c1cnn(-c2nc(N3CCCC3)c3cc(N4CCCCC4)ccc3n2)c1. The van der Waals surface area contributed by atoms with Crippen LogP contribution in [-0.4, -0.2) is 45.9 Å². The molecule has 0 saturated carbocycles. The number of hydrogen-bond acceptors (Lipinski definition) is 5. The Hall–Kier alpha value is -2.63. The highest BCUT2D eigenvalue weighted by Gasteiger charge is 2.20. The second-order valence-corrected chi connectivity index (χ2v) is 7.24. The first-order chi connectivity index (χ1) is 12.9. The van der Waals surface area contributed by atoms with Crippen LogP contribution in [-0.2, 0) is 0 Å². The summed E-state index contributed by atoms with van der Waals surface area (Å²) >= 11 is 0. The minimum atomic E-state index is 0.648. The van der Waals surface area contributed by atoms with Gasteiger partial charge in [-0.3, -0.25) is 0 Å². The lowest BCUT2D eigenvalue weighted by molar-refractivity contribution is 0.578. The van der Waals surface area contributed by atoms with E-state index in [0.717, 1.165) is 42.9 Å². The van der Waals surface area contributed by atoms with Crippen molar-refractivity contribution in [2.45, 2.75) is 32.1 Å². The highest BCUT2D eigenvalue weighted by Crippen LogP contribution is 2.31. The van der Waals surface area contributed by atoms with Crippen LogP contribution in [0.3, 0.4) is 0 Å². The van der Waals surface area contributed by atoms with Gasteiger partial charge in [0.05, 0.1) is 5.52 Å². The van der Waals surface area contributed by atoms with Gasteiger partial charge in [-0.1, -0.05) is 0 Å². The van der Waals surface area contributed by atoms with Crippen molar-refractivity contribution < 1.29 is 0 Å². The molecule has 2 aromatic heterocycles. The molecule has 2 fully saturated rings. The molecule has 6 nitrogen and oxygen atoms in total. The fraction of sp³-hybridized carbons (Fsp3) is 0.450. The van der Waals surface area contributed by atoms with Crippen molar-refractivity contribution in [2.24, 2.45) is 0 Å². The Morgan fingerprint density at radius 3 is 2.35 bits per heavy atom. The maximum Gasteiger partial charge on any atom is 0.253 e. The van der Waals surface area contributed by atoms with E-state index in [9.17, 15) is 0 Å². The number of hydrogen-bond donors (Lipinski definition) is 0. The van der Waals surface area contributed by atoms with Gasteiger partial charge in [-0.2, -0.15) is 10.1 Å². The molecule has 4 heterocycles. The topological polar surface area (TPSA) is 50.1 Å². The van der Waals surface area contributed by atoms with Crippen LogP contribution >= 0.6 is 0 Å². The van der Waals surface area contributed by atoms with Crippen molar-refractivity contribution in [3.05, 3.63) is 36.7 Å². The third-order valence-corrected chi connectivity index (χ3v) is 5.48. The fourth-order valence-electron chi connectivity index (χ4n) is 4.10. The van der Waals surface area contributed by atoms with Gasteiger partial charge >= 0.3 is 0 Å². The lowest BCUT2D eigenvalue weighted by atomic mass is 10.1. The average Bonchev–Trinajstić information content (AvgIpc) is 3.41. The molecule has 5 rings (SSSR count). The Morgan fingerprint density at radius 2 is 1.58 bits per heavy atom. The number of benzene rings is 1. The van der Waals surface area contributed by atoms with Gasteiger partial charge in [0.2, 0.25) is 0 Å². The van der Waals surface area contributed by atoms with Gasteiger partial charge in [0.25, 0.3) is 5.95 Å². The summed E-state index contributed by atoms with van der Waals surface area (Å²) in [5.74, 6) is 1.70. The van der Waals surface area contributed by atoms with Crippen LogP contribution < -0.4 is 9.80 Å². The fourth-order valence-corrected chi connectivity index (χ4v) is 4.10. The van der Waals surface area contributed by atoms with Crippen molar-refractivity contribution >= 4 is 22.4 Å². The van der Waals surface area contributed by atoms with E-state index in [1.54, 1.807) is 10.9 Å². The molecule has 0 amide bonds. The molecule has 0 radical (unpaired) electrons. The van der Waals surface area contributed by atoms with Crippen LogP contribution in [0, 0.1) is 0 Å². The first kappa shape index (κ1) is 15.6. The van der Waals surface area contributed by atoms with Gasteiger partial charge in [0.1, 0.15) is 5.82 Å². The summed E-state index contributed by atoms with van der Waals surface area (Å²) in [4.78, 5) is 14.6. The van der Waals surface area contributed by atoms with Crippen molar-refractivity contribution in [1.82, 2.24) is 19.7 Å². The molecule has 2 aliphatic heterocycles. The molecule has 0 aliphatic carbocycles. The van der Waals surface area contributed by atoms with Crippen molar-refractivity contribution in [1.29, 1.82) is 0 Å². The van der Waals surface area contributed by atoms with E-state index in [1.807, 2.05) is 12.3 Å². The van der Waals surface area contributed by atoms with E-state index < -0.39 is 0 Å². The van der Waals surface area contributed by atoms with Gasteiger partial charge in [-0.15, -0.1) is 0 Å². The third kappa shape index (κ3) is 2.79. The van der Waals surface area contributed by atoms with Gasteiger partial charge < -0.3 is 9.80 Å². The predicted molar refractivity (Wildman–Crippen MR) is 104 cm³/mol. The summed E-state index contributed by atoms with van der Waals surface area (Å²) in [6.07, 6.45) is 10.0. The number of anilines is 2. The summed E-state index contributed by atoms with van der Waals surface area (Å²) in [7, 11) is 0. The number of aromatic nitrogens is 4. The summed E-state index contributed by atoms with van der Waals surface area (Å²) in [6, 6.07) is 8.55. The van der Waals surface area contributed by atoms with E-state index in [0.29, 0.717) is 5.95 Å². The molecule has 134 valence electrons. The second-order valence-electron chi connectivity index (χ2n) is 7.24. The molecule has 2 aliphatic rings. The zero-order valence-corrected chi connectivity index (χ0v) is 15.0. The number of nitrogens with zero attached hydrogens (tertiary/aromatic N) is 6. The van der Waals surface area contributed by atoms with E-state index in [2.05, 4.69) is 33.1 Å². The molecule has 1 aromatic carbocycles. The Labute approximate surface area is 153 Å². The smallest absolute Gasteiger partial charge is 0.253 e. The molecule has 0 N–H and O–H groups in total. The third-order valence-electron chi connectivity index (χ3n) is 5.48. The van der Waals surface area contributed by atoms with Gasteiger partial charge in [-0.25, -0.2) is 9.67 Å². The number of fused-ring (bicyclic) bond motifs is 1. The molecule has 3 aromatic rings. The first-order valence-corrected chi connectivity index (χ1v) is 9.70. The first-order valence-electron chi connectivity index (χ1n) is 9.70. The average molecular weight is 348 g/mol. The molecule has 6 heteroatoms. The Morgan fingerprint density at radius 1 is 0.808 bits per heavy atom. The molecule has 0 bridgehead atoms. The van der Waals surface area contributed by atoms with E-state index in [-0.39, 0.29) is 0 Å². The molecule has 0 spiro atoms. The summed E-state index contributed by atoms with van der Waals surface area (Å²) < 4.78 is 1.75. The van der Waals surface area contributed by atoms with Crippen molar-refractivity contribution in [3.63, 3.8) is 0 Å². The van der Waals surface area contributed by atoms with E-state index in [1.165, 1.54) is 37.8 Å². The molecule has 2 saturated heterocycles. The predicted octanol–water partition coefficient (Wildman–Crippen LogP) is 3.41. The van der Waals surface area contributed by atoms with Gasteiger partial charge in [-0.05, 0) is 56.4 Å². The lowest BCUT2D eigenvalue weighted by Gasteiger charge is -2.29. The van der Waals surface area contributed by atoms with Crippen molar-refractivity contribution in [3.8, 4) is 5.95 Å². The summed E-state index contributed by atoms with van der Waals surface area (Å²) in [5.41, 5.74) is 2.29. The second kappa shape index (κ2) is 6.59. The molecule has 0 unspecified atom stereocenters. The van der Waals surface area contributed by atoms with Crippen LogP contribution in [0.2, 0.25) is 0 Å². The summed E-state index contributed by atoms with van der Waals surface area (Å²) in [5, 5.41) is 5.48. The number of rotatable bonds is 3. The molecule has 0 atom stereocenters. The highest BCUT2D eigenvalue weighted by molar-refractivity contribution is 5.92. The van der Waals surface area contributed by atoms with Crippen LogP contribution in [0.1, 0.15) is 32.1 Å². The van der Waals surface area contributed by atoms with E-state index >= 15 is 0 Å². The number of piperidine rings is 1. The minimum Gasteiger partial charge on any atom is -0.372 e. The van der Waals surface area contributed by atoms with Gasteiger partial charge in [0.15, 0.2) is 0 Å². The zero-order valence-electron chi connectivity index (χ0n) is 15.0. The van der Waals surface area contributed by atoms with Crippen LogP contribution in [0.15, 0.2) is 36.7 Å². The highest BCUT2D eigenvalue weighted by atomic mass is 15.4. The maximum absolute atomic E-state index is 4.91. The Bertz CT molecular complexity index is 892. The molecule has 26 heavy (non-hydrogen) atoms. The van der Waals surface area contributed by atoms with E-state index in [4.69, 9.17) is 9.97 Å². The zero-order chi connectivity index (χ0) is 17.3. The maximum atomic E-state index is 4.91. The van der Waals surface area contributed by atoms with Crippen LogP contribution in [0.4, 0.5) is 11.5 Å². The van der Waals surface area contributed by atoms with Crippen molar-refractivity contribution in [2.75, 3.05) is 36.0 Å².